The van der Waals surface area contributed by atoms with Crippen LogP contribution in [0.1, 0.15) is 77.0 Å². The highest BCUT2D eigenvalue weighted by Gasteiger charge is 2.62. The maximum absolute atomic E-state index is 14.2. The summed E-state index contributed by atoms with van der Waals surface area (Å²) in [5.74, 6) is -3.70. The molecule has 3 aliphatic carbocycles. The van der Waals surface area contributed by atoms with E-state index in [1.165, 1.54) is 19.2 Å². The van der Waals surface area contributed by atoms with Gasteiger partial charge >= 0.3 is 12.1 Å². The van der Waals surface area contributed by atoms with Crippen LogP contribution >= 0.6 is 15.9 Å². The molecular weight excluding hydrogens is 668 g/mol. The Kier molecular flexibility index (Phi) is 10.7. The second-order valence-corrected chi connectivity index (χ2v) is 15.0. The van der Waals surface area contributed by atoms with Gasteiger partial charge in [-0.05, 0) is 88.5 Å². The van der Waals surface area contributed by atoms with E-state index < -0.39 is 57.6 Å². The highest BCUT2D eigenvalue weighted by Crippen LogP contribution is 2.47. The number of benzene rings is 1. The Labute approximate surface area is 272 Å². The molecule has 246 valence electrons. The van der Waals surface area contributed by atoms with Crippen LogP contribution in [0.15, 0.2) is 45.8 Å². The molecule has 1 aromatic carbocycles. The van der Waals surface area contributed by atoms with Crippen molar-refractivity contribution in [2.75, 3.05) is 7.11 Å². The van der Waals surface area contributed by atoms with Crippen LogP contribution in [0.5, 0.6) is 0 Å². The van der Waals surface area contributed by atoms with E-state index in [1.807, 2.05) is 12.2 Å². The number of carbonyl (C=O) groups is 4. The third kappa shape index (κ3) is 7.97. The number of halogens is 1. The molecule has 4 aliphatic rings. The summed E-state index contributed by atoms with van der Waals surface area (Å²) < 4.78 is 43.3. The number of alkyl carbamates (subject to hydrolysis) is 1. The van der Waals surface area contributed by atoms with Crippen LogP contribution in [0.3, 0.4) is 0 Å². The van der Waals surface area contributed by atoms with Crippen LogP contribution in [-0.2, 0) is 38.2 Å². The molecule has 0 bridgehead atoms. The van der Waals surface area contributed by atoms with Crippen LogP contribution < -0.4 is 10.6 Å². The Morgan fingerprint density at radius 2 is 1.64 bits per heavy atom. The van der Waals surface area contributed by atoms with Gasteiger partial charge in [-0.25, -0.2) is 9.59 Å². The average molecular weight is 710 g/mol. The summed E-state index contributed by atoms with van der Waals surface area (Å²) >= 11 is 3.29. The van der Waals surface area contributed by atoms with Gasteiger partial charge < -0.3 is 20.1 Å². The number of hydrogen-bond acceptors (Lipinski definition) is 9. The summed E-state index contributed by atoms with van der Waals surface area (Å²) in [7, 11) is -2.95. The lowest BCUT2D eigenvalue weighted by atomic mass is 9.86. The number of Topliss-reactive ketones (excluding diaryl/α,β-unsaturated/α-hetero) is 1. The zero-order valence-electron chi connectivity index (χ0n) is 25.4. The topological polar surface area (TPSA) is 154 Å². The molecule has 1 heterocycles. The molecule has 11 nitrogen and oxygen atoms in total. The highest BCUT2D eigenvalue weighted by molar-refractivity contribution is 9.10. The van der Waals surface area contributed by atoms with Crippen LogP contribution in [0.4, 0.5) is 4.79 Å². The number of carbonyl (C=O) groups excluding carboxylic acids is 4. The van der Waals surface area contributed by atoms with Crippen LogP contribution in [-0.4, -0.2) is 63.1 Å². The number of ether oxygens (including phenoxy) is 2. The zero-order chi connectivity index (χ0) is 32.2. The van der Waals surface area contributed by atoms with E-state index in [9.17, 15) is 27.6 Å². The van der Waals surface area contributed by atoms with Crippen LogP contribution in [0.25, 0.3) is 0 Å². The summed E-state index contributed by atoms with van der Waals surface area (Å²) in [4.78, 5) is 53.8. The van der Waals surface area contributed by atoms with E-state index in [-0.39, 0.29) is 35.5 Å². The first-order valence-corrected chi connectivity index (χ1v) is 18.0. The Balaban J connectivity index is 1.41. The number of amides is 2. The van der Waals surface area contributed by atoms with Crippen molar-refractivity contribution in [1.82, 2.24) is 10.6 Å². The van der Waals surface area contributed by atoms with E-state index in [0.29, 0.717) is 23.7 Å². The molecule has 2 N–H and O–H groups in total. The first kappa shape index (κ1) is 33.6. The SMILES string of the molecule is COC(=O)[C@@]12C[C@H]1C=CCCCCC[C@H](NC(=O)OC1CCCC1)C(=O)C1C[C@@H](OS(=O)(=O)c3ccc(Br)cc3)C[C@H]1C(=O)N2. The fourth-order valence-electron chi connectivity index (χ4n) is 6.88. The third-order valence-corrected chi connectivity index (χ3v) is 11.3. The molecule has 0 radical (unpaired) electrons. The fraction of sp³-hybridized carbons (Fsp3) is 0.625. The molecule has 1 aliphatic heterocycles. The Hall–Kier alpha value is -2.77. The number of hydrogen-bond donors (Lipinski definition) is 2. The Bertz CT molecular complexity index is 1410. The van der Waals surface area contributed by atoms with E-state index in [1.54, 1.807) is 12.1 Å². The lowest BCUT2D eigenvalue weighted by Gasteiger charge is -2.26. The summed E-state index contributed by atoms with van der Waals surface area (Å²) in [6.07, 6.45) is 9.29. The zero-order valence-corrected chi connectivity index (χ0v) is 27.8. The quantitative estimate of drug-likeness (QED) is 0.243. The van der Waals surface area contributed by atoms with E-state index in [0.717, 1.165) is 44.9 Å². The number of esters is 1. The fourth-order valence-corrected chi connectivity index (χ4v) is 8.24. The molecule has 3 saturated carbocycles. The molecule has 0 spiro atoms. The largest absolute Gasteiger partial charge is 0.467 e. The van der Waals surface area contributed by atoms with Crippen molar-refractivity contribution in [1.29, 1.82) is 0 Å². The minimum absolute atomic E-state index is 0.0446. The first-order valence-electron chi connectivity index (χ1n) is 15.8. The Morgan fingerprint density at radius 3 is 2.36 bits per heavy atom. The van der Waals surface area contributed by atoms with Gasteiger partial charge in [0.15, 0.2) is 5.78 Å². The van der Waals surface area contributed by atoms with E-state index >= 15 is 0 Å². The molecular formula is C32H41BrN2O9S. The molecule has 6 atom stereocenters. The van der Waals surface area contributed by atoms with Gasteiger partial charge in [0.2, 0.25) is 5.91 Å². The summed E-state index contributed by atoms with van der Waals surface area (Å²) in [5.41, 5.74) is -1.25. The van der Waals surface area contributed by atoms with Gasteiger partial charge in [-0.15, -0.1) is 0 Å². The smallest absolute Gasteiger partial charge is 0.407 e. The van der Waals surface area contributed by atoms with Gasteiger partial charge in [-0.2, -0.15) is 8.42 Å². The van der Waals surface area contributed by atoms with E-state index in [4.69, 9.17) is 13.7 Å². The normalized spacial score (nSPS) is 31.1. The number of rotatable bonds is 6. The second-order valence-electron chi connectivity index (χ2n) is 12.6. The highest BCUT2D eigenvalue weighted by atomic mass is 79.9. The van der Waals surface area contributed by atoms with Crippen molar-refractivity contribution in [3.8, 4) is 0 Å². The predicted octanol–water partition coefficient (Wildman–Crippen LogP) is 4.72. The average Bonchev–Trinajstić information content (AvgIpc) is 3.29. The minimum Gasteiger partial charge on any atom is -0.467 e. The van der Waals surface area contributed by atoms with Crippen LogP contribution in [0.2, 0.25) is 0 Å². The maximum Gasteiger partial charge on any atom is 0.407 e. The number of ketones is 1. The minimum atomic E-state index is -4.21. The monoisotopic (exact) mass is 708 g/mol. The standard InChI is InChI=1S/C32H41BrN2O9S/c1-42-30(38)32-19-20(32)9-5-3-2-4-6-12-27(34-31(39)43-22-10-7-8-11-22)28(36)25-17-23(18-26(25)29(37)35-32)44-45(40,41)24-15-13-21(33)14-16-24/h5,9,13-16,20,22-23,25-27H,2-4,6-8,10-12,17-19H2,1H3,(H,34,39)(H,35,37)/t20-,23-,25?,26-,27+,32-/m1/s1. The van der Waals surface area contributed by atoms with Gasteiger partial charge in [0.05, 0.1) is 30.1 Å². The third-order valence-electron chi connectivity index (χ3n) is 9.44. The Morgan fingerprint density at radius 1 is 0.956 bits per heavy atom. The summed E-state index contributed by atoms with van der Waals surface area (Å²) in [6.45, 7) is 0. The predicted molar refractivity (Wildman–Crippen MR) is 166 cm³/mol. The molecule has 0 aromatic heterocycles. The lowest BCUT2D eigenvalue weighted by molar-refractivity contribution is -0.147. The van der Waals surface area contributed by atoms with Crippen molar-refractivity contribution in [2.24, 2.45) is 17.8 Å². The van der Waals surface area contributed by atoms with Crippen molar-refractivity contribution in [3.63, 3.8) is 0 Å². The first-order chi connectivity index (χ1) is 21.5. The summed E-state index contributed by atoms with van der Waals surface area (Å²) in [6, 6.07) is 5.04. The van der Waals surface area contributed by atoms with E-state index in [2.05, 4.69) is 26.6 Å². The van der Waals surface area contributed by atoms with Gasteiger partial charge in [-0.1, -0.05) is 40.9 Å². The van der Waals surface area contributed by atoms with Crippen molar-refractivity contribution in [3.05, 3.63) is 40.9 Å². The van der Waals surface area contributed by atoms with Gasteiger partial charge in [0, 0.05) is 16.3 Å². The second kappa shape index (κ2) is 14.3. The van der Waals surface area contributed by atoms with Crippen LogP contribution in [0, 0.1) is 17.8 Å². The van der Waals surface area contributed by atoms with Crippen molar-refractivity contribution < 1.29 is 41.3 Å². The molecule has 3 fully saturated rings. The molecule has 1 unspecified atom stereocenters. The molecule has 5 rings (SSSR count). The van der Waals surface area contributed by atoms with Gasteiger partial charge in [0.1, 0.15) is 11.6 Å². The molecule has 1 aromatic rings. The van der Waals surface area contributed by atoms with Crippen molar-refractivity contribution in [2.45, 2.75) is 106 Å². The summed E-state index contributed by atoms with van der Waals surface area (Å²) in [5, 5.41) is 5.63. The number of allylic oxidation sites excluding steroid dienone is 1. The molecule has 13 heteroatoms. The maximum atomic E-state index is 14.2. The van der Waals surface area contributed by atoms with Crippen molar-refractivity contribution >= 4 is 49.8 Å². The number of methoxy groups -OCH3 is 1. The molecule has 0 saturated heterocycles. The molecule has 2 amide bonds. The van der Waals surface area contributed by atoms with Gasteiger partial charge in [-0.3, -0.25) is 13.8 Å². The molecule has 45 heavy (non-hydrogen) atoms. The lowest BCUT2D eigenvalue weighted by Crippen LogP contribution is -2.51. The number of nitrogens with one attached hydrogen (secondary N) is 2. The number of fused-ring (bicyclic) bond motifs is 2. The van der Waals surface area contributed by atoms with Gasteiger partial charge in [0.25, 0.3) is 10.1 Å².